The first-order chi connectivity index (χ1) is 15.7. The molecule has 0 radical (unpaired) electrons. The van der Waals surface area contributed by atoms with Gasteiger partial charge in [0.1, 0.15) is 11.8 Å². The van der Waals surface area contributed by atoms with Crippen LogP contribution in [0.3, 0.4) is 0 Å². The van der Waals surface area contributed by atoms with E-state index in [4.69, 9.17) is 14.6 Å². The van der Waals surface area contributed by atoms with E-state index in [2.05, 4.69) is 20.5 Å². The third kappa shape index (κ3) is 5.34. The summed E-state index contributed by atoms with van der Waals surface area (Å²) >= 11 is 0. The number of rotatable bonds is 3. The van der Waals surface area contributed by atoms with Crippen LogP contribution in [0.5, 0.6) is 0 Å². The van der Waals surface area contributed by atoms with Crippen molar-refractivity contribution in [1.29, 1.82) is 0 Å². The third-order valence-corrected chi connectivity index (χ3v) is 6.17. The maximum absolute atomic E-state index is 12.7. The average molecular weight is 460 g/mol. The third-order valence-electron chi connectivity index (χ3n) is 6.17. The molecule has 12 heteroatoms. The lowest BCUT2D eigenvalue weighted by Crippen LogP contribution is -2.66. The zero-order chi connectivity index (χ0) is 24.1. The van der Waals surface area contributed by atoms with E-state index in [-0.39, 0.29) is 24.9 Å². The maximum atomic E-state index is 12.7. The highest BCUT2D eigenvalue weighted by Crippen LogP contribution is 2.40. The van der Waals surface area contributed by atoms with Crippen LogP contribution < -0.4 is 5.32 Å². The predicted octanol–water partition coefficient (Wildman–Crippen LogP) is -0.144. The molecule has 12 nitrogen and oxygen atoms in total. The first kappa shape index (κ1) is 24.3. The summed E-state index contributed by atoms with van der Waals surface area (Å²) in [6.45, 7) is 2.74. The number of carboxylic acid groups (broad SMARTS) is 1. The minimum atomic E-state index is -0.851. The molecule has 0 bridgehead atoms. The van der Waals surface area contributed by atoms with Gasteiger partial charge in [0.05, 0.1) is 30.3 Å². The first-order valence-electron chi connectivity index (χ1n) is 10.5. The Hall–Kier alpha value is -3.38. The van der Waals surface area contributed by atoms with E-state index >= 15 is 0 Å². The van der Waals surface area contributed by atoms with Crippen LogP contribution in [-0.4, -0.2) is 90.1 Å². The smallest absolute Gasteiger partial charge is 0.290 e. The van der Waals surface area contributed by atoms with Crippen molar-refractivity contribution in [2.45, 2.75) is 43.4 Å². The van der Waals surface area contributed by atoms with Crippen LogP contribution in [0.4, 0.5) is 0 Å². The molecule has 178 valence electrons. The molecule has 4 rings (SSSR count). The number of imidazole rings is 1. The molecule has 2 aliphatic rings. The van der Waals surface area contributed by atoms with Crippen LogP contribution in [-0.2, 0) is 16.6 Å². The van der Waals surface area contributed by atoms with Gasteiger partial charge in [-0.2, -0.15) is 5.10 Å². The van der Waals surface area contributed by atoms with Gasteiger partial charge in [-0.05, 0) is 31.9 Å². The van der Waals surface area contributed by atoms with Gasteiger partial charge in [0.25, 0.3) is 18.3 Å². The van der Waals surface area contributed by atoms with E-state index in [1.54, 1.807) is 35.0 Å². The summed E-state index contributed by atoms with van der Waals surface area (Å²) in [6.07, 6.45) is 5.44. The number of aryl methyl sites for hydroxylation is 1. The Morgan fingerprint density at radius 3 is 2.61 bits per heavy atom. The topological polar surface area (TPSA) is 160 Å². The molecule has 4 heterocycles. The Labute approximate surface area is 190 Å². The zero-order valence-electron chi connectivity index (χ0n) is 18.5. The van der Waals surface area contributed by atoms with Crippen molar-refractivity contribution in [2.24, 2.45) is 7.05 Å². The number of carbonyl (C=O) groups is 3. The Morgan fingerprint density at radius 1 is 1.33 bits per heavy atom. The molecular formula is C21H28N6O6. The normalized spacial score (nSPS) is 23.8. The predicted molar refractivity (Wildman–Crippen MR) is 114 cm³/mol. The highest BCUT2D eigenvalue weighted by atomic mass is 16.5. The van der Waals surface area contributed by atoms with Gasteiger partial charge in [-0.1, -0.05) is 0 Å². The molecular weight excluding hydrogens is 432 g/mol. The van der Waals surface area contributed by atoms with Gasteiger partial charge in [0.2, 0.25) is 0 Å². The molecule has 2 atom stereocenters. The molecule has 0 aromatic carbocycles. The number of nitrogens with one attached hydrogen (secondary N) is 1. The standard InChI is InChI=1S/C20H26N6O4.CH2O2/c1-19(23-17(28)15-10-21-13-25(15)2)12-20(30-11-16(19)27)5-8-26(9-6-20)18(29)14-4-3-7-22-24-14;2-1-3/h3-4,7,10,13,16,27H,5-6,8-9,11-12H2,1-2H3,(H,23,28);1H,(H,2,3)/t16-,19-;/m1./s1. The number of aliphatic hydroxyl groups is 1. The molecule has 2 fully saturated rings. The van der Waals surface area contributed by atoms with Crippen molar-refractivity contribution in [3.63, 3.8) is 0 Å². The Kier molecular flexibility index (Phi) is 7.39. The maximum Gasteiger partial charge on any atom is 0.290 e. The quantitative estimate of drug-likeness (QED) is 0.530. The minimum absolute atomic E-state index is 0.125. The fourth-order valence-corrected chi connectivity index (χ4v) is 4.32. The number of nitrogens with zero attached hydrogens (tertiary/aromatic N) is 5. The largest absolute Gasteiger partial charge is 0.483 e. The van der Waals surface area contributed by atoms with Crippen molar-refractivity contribution < 1.29 is 29.3 Å². The van der Waals surface area contributed by atoms with Crippen LogP contribution in [0, 0.1) is 0 Å². The van der Waals surface area contributed by atoms with Gasteiger partial charge in [-0.3, -0.25) is 14.4 Å². The Morgan fingerprint density at radius 2 is 2.03 bits per heavy atom. The number of piperidine rings is 1. The van der Waals surface area contributed by atoms with E-state index in [0.29, 0.717) is 43.7 Å². The molecule has 3 N–H and O–H groups in total. The number of hydrogen-bond acceptors (Lipinski definition) is 8. The summed E-state index contributed by atoms with van der Waals surface area (Å²) in [7, 11) is 1.75. The lowest BCUT2D eigenvalue weighted by molar-refractivity contribution is -0.175. The van der Waals surface area contributed by atoms with E-state index in [1.165, 1.54) is 12.4 Å². The van der Waals surface area contributed by atoms with Gasteiger partial charge in [0.15, 0.2) is 5.69 Å². The van der Waals surface area contributed by atoms with Crippen molar-refractivity contribution in [3.05, 3.63) is 42.2 Å². The second-order valence-corrected chi connectivity index (χ2v) is 8.45. The fraction of sp³-hybridized carbons (Fsp3) is 0.524. The molecule has 2 saturated heterocycles. The molecule has 1 spiro atoms. The highest BCUT2D eigenvalue weighted by molar-refractivity contribution is 5.93. The number of hydrogen-bond donors (Lipinski definition) is 3. The molecule has 2 amide bonds. The first-order valence-corrected chi connectivity index (χ1v) is 10.5. The number of aliphatic hydroxyl groups excluding tert-OH is 1. The summed E-state index contributed by atoms with van der Waals surface area (Å²) in [5.41, 5.74) is -0.612. The lowest BCUT2D eigenvalue weighted by atomic mass is 9.74. The second-order valence-electron chi connectivity index (χ2n) is 8.45. The van der Waals surface area contributed by atoms with Crippen LogP contribution in [0.2, 0.25) is 0 Å². The van der Waals surface area contributed by atoms with Crippen molar-refractivity contribution in [3.8, 4) is 0 Å². The lowest BCUT2D eigenvalue weighted by Gasteiger charge is -2.51. The molecule has 2 aliphatic heterocycles. The van der Waals surface area contributed by atoms with E-state index in [0.717, 1.165) is 0 Å². The van der Waals surface area contributed by atoms with Crippen molar-refractivity contribution >= 4 is 18.3 Å². The van der Waals surface area contributed by atoms with Crippen molar-refractivity contribution in [1.82, 2.24) is 30.0 Å². The molecule has 2 aromatic heterocycles. The van der Waals surface area contributed by atoms with Gasteiger partial charge in [-0.15, -0.1) is 5.10 Å². The van der Waals surface area contributed by atoms with Crippen LogP contribution >= 0.6 is 0 Å². The average Bonchev–Trinajstić information content (AvgIpc) is 3.24. The van der Waals surface area contributed by atoms with Gasteiger partial charge in [-0.25, -0.2) is 4.98 Å². The fourth-order valence-electron chi connectivity index (χ4n) is 4.32. The van der Waals surface area contributed by atoms with E-state index < -0.39 is 17.2 Å². The monoisotopic (exact) mass is 460 g/mol. The molecule has 0 saturated carbocycles. The summed E-state index contributed by atoms with van der Waals surface area (Å²) < 4.78 is 7.69. The number of carbonyl (C=O) groups excluding carboxylic acids is 2. The highest BCUT2D eigenvalue weighted by Gasteiger charge is 2.50. The summed E-state index contributed by atoms with van der Waals surface area (Å²) in [5, 5.41) is 28.1. The van der Waals surface area contributed by atoms with Crippen LogP contribution in [0.25, 0.3) is 0 Å². The Bertz CT molecular complexity index is 975. The molecule has 33 heavy (non-hydrogen) atoms. The molecule has 2 aromatic rings. The van der Waals surface area contributed by atoms with Gasteiger partial charge >= 0.3 is 0 Å². The number of aromatic nitrogens is 4. The summed E-state index contributed by atoms with van der Waals surface area (Å²) in [5.74, 6) is -0.440. The van der Waals surface area contributed by atoms with Crippen LogP contribution in [0.15, 0.2) is 30.9 Å². The second kappa shape index (κ2) is 10.0. The number of ether oxygens (including phenoxy) is 1. The minimum Gasteiger partial charge on any atom is -0.483 e. The van der Waals surface area contributed by atoms with Crippen LogP contribution in [0.1, 0.15) is 47.2 Å². The van der Waals surface area contributed by atoms with Gasteiger partial charge < -0.3 is 29.7 Å². The van der Waals surface area contributed by atoms with E-state index in [1.807, 2.05) is 6.92 Å². The van der Waals surface area contributed by atoms with E-state index in [9.17, 15) is 14.7 Å². The number of amides is 2. The molecule has 0 aliphatic carbocycles. The summed E-state index contributed by atoms with van der Waals surface area (Å²) in [4.78, 5) is 39.4. The summed E-state index contributed by atoms with van der Waals surface area (Å²) in [6, 6.07) is 3.34. The zero-order valence-corrected chi connectivity index (χ0v) is 18.5. The number of likely N-dealkylation sites (tertiary alicyclic amines) is 1. The van der Waals surface area contributed by atoms with Crippen molar-refractivity contribution in [2.75, 3.05) is 19.7 Å². The molecule has 0 unspecified atom stereocenters. The van der Waals surface area contributed by atoms with Gasteiger partial charge in [0, 0.05) is 32.8 Å². The SMILES string of the molecule is Cn1cncc1C(=O)N[C@]1(C)CC2(CCN(C(=O)c3cccnn3)CC2)OC[C@H]1O.O=CO. The Balaban J connectivity index is 0.000000968.